The quantitative estimate of drug-likeness (QED) is 0.0216. The Morgan fingerprint density at radius 3 is 1.16 bits per heavy atom. The number of ether oxygens (including phenoxy) is 4. The summed E-state index contributed by atoms with van der Waals surface area (Å²) in [5.74, 6) is 4.79. The minimum absolute atomic E-state index is 0.0953. The summed E-state index contributed by atoms with van der Waals surface area (Å²) in [6, 6.07) is 69.4. The van der Waals surface area contributed by atoms with E-state index in [1.807, 2.05) is 120 Å². The zero-order chi connectivity index (χ0) is 87.3. The average molecular weight is 1750 g/mol. The third-order valence-corrected chi connectivity index (χ3v) is 33.1. The first-order chi connectivity index (χ1) is 61.7. The van der Waals surface area contributed by atoms with E-state index in [9.17, 15) is 20.1 Å². The molecule has 0 fully saturated rings. The molecule has 0 spiro atoms. The number of ketones is 2. The fourth-order valence-electron chi connectivity index (χ4n) is 19.5. The molecule has 5 aromatic heterocycles. The van der Waals surface area contributed by atoms with Gasteiger partial charge in [0.15, 0.2) is 11.6 Å². The minimum Gasteiger partial charge on any atom is -0.493 e. The summed E-state index contributed by atoms with van der Waals surface area (Å²) in [6.45, 7) is 30.7. The highest BCUT2D eigenvalue weighted by Crippen LogP contribution is 2.72. The maximum absolute atomic E-state index is 14.9. The molecule has 5 heterocycles. The topological polar surface area (TPSA) is 123 Å². The maximum atomic E-state index is 14.9. The molecule has 0 saturated heterocycles. The molecule has 0 aliphatic heterocycles. The Morgan fingerprint density at radius 1 is 0.413 bits per heavy atom. The van der Waals surface area contributed by atoms with E-state index in [1.165, 1.54) is 55.9 Å². The van der Waals surface area contributed by atoms with Gasteiger partial charge in [-0.25, -0.2) is 10.1 Å². The number of nitriles is 2. The van der Waals surface area contributed by atoms with Gasteiger partial charge in [-0.05, 0) is 214 Å². The largest absolute Gasteiger partial charge is 0.493 e. The van der Waals surface area contributed by atoms with Gasteiger partial charge in [-0.2, -0.15) is 5.26 Å². The molecule has 8 aromatic carbocycles. The van der Waals surface area contributed by atoms with E-state index in [2.05, 4.69) is 206 Å². The van der Waals surface area contributed by atoms with Crippen molar-refractivity contribution < 1.29 is 28.5 Å². The normalized spacial score (nSPS) is 18.0. The number of fused-ring (bicyclic) bond motifs is 15. The van der Waals surface area contributed by atoms with Crippen LogP contribution in [0.3, 0.4) is 0 Å². The van der Waals surface area contributed by atoms with Crippen molar-refractivity contribution >= 4 is 132 Å². The first kappa shape index (κ1) is 86.9. The van der Waals surface area contributed by atoms with Gasteiger partial charge in [0, 0.05) is 70.1 Å². The lowest BCUT2D eigenvalue weighted by molar-refractivity contribution is 0.103. The second-order valence-electron chi connectivity index (χ2n) is 34.4. The van der Waals surface area contributed by atoms with Crippen molar-refractivity contribution in [2.24, 2.45) is 23.7 Å². The maximum Gasteiger partial charge on any atom is 0.270 e. The van der Waals surface area contributed by atoms with Crippen LogP contribution >= 0.6 is 56.7 Å². The van der Waals surface area contributed by atoms with Crippen LogP contribution in [0.15, 0.2) is 229 Å². The van der Waals surface area contributed by atoms with E-state index in [1.54, 1.807) is 28.7 Å². The summed E-state index contributed by atoms with van der Waals surface area (Å²) in [5, 5.41) is 24.9. The predicted molar refractivity (Wildman–Crippen MR) is 529 cm³/mol. The van der Waals surface area contributed by atoms with Crippen LogP contribution in [-0.4, -0.2) is 38.0 Å². The fourth-order valence-corrected chi connectivity index (χ4v) is 26.7. The van der Waals surface area contributed by atoms with Gasteiger partial charge in [0.1, 0.15) is 23.0 Å². The van der Waals surface area contributed by atoms with Gasteiger partial charge in [0.05, 0.1) is 89.6 Å². The fraction of sp³-hybridized carbons (Fsp3) is 0.312. The van der Waals surface area contributed by atoms with Gasteiger partial charge >= 0.3 is 0 Å². The first-order valence-corrected chi connectivity index (χ1v) is 49.6. The lowest BCUT2D eigenvalue weighted by Gasteiger charge is -2.34. The second-order valence-corrected chi connectivity index (χ2v) is 39.7. The summed E-state index contributed by atoms with van der Waals surface area (Å²) in [6.07, 6.45) is 29.7. The predicted octanol–water partition coefficient (Wildman–Crippen LogP) is 31.8. The average Bonchev–Trinajstić information content (AvgIpc) is 1.48. The third-order valence-electron chi connectivity index (χ3n) is 26.7. The summed E-state index contributed by atoms with van der Waals surface area (Å²) >= 11 is 9.22. The van der Waals surface area contributed by atoms with Gasteiger partial charge in [-0.1, -0.05) is 254 Å². The zero-order valence-electron chi connectivity index (χ0n) is 73.6. The van der Waals surface area contributed by atoms with E-state index >= 15 is 0 Å². The molecular formula is C112H107N3O6S5. The van der Waals surface area contributed by atoms with E-state index in [0.29, 0.717) is 94.7 Å². The molecule has 13 aromatic rings. The highest BCUT2D eigenvalue weighted by Gasteiger charge is 2.56. The van der Waals surface area contributed by atoms with Crippen molar-refractivity contribution in [1.82, 2.24) is 0 Å². The summed E-state index contributed by atoms with van der Waals surface area (Å²) in [7, 11) is 0. The first-order valence-electron chi connectivity index (χ1n) is 45.5. The Hall–Kier alpha value is -11.3. The number of hydrogen-bond donors (Lipinski definition) is 0. The monoisotopic (exact) mass is 1750 g/mol. The third kappa shape index (κ3) is 16.0. The molecule has 126 heavy (non-hydrogen) atoms. The molecule has 4 atom stereocenters. The van der Waals surface area contributed by atoms with Gasteiger partial charge in [-0.15, -0.1) is 56.7 Å². The van der Waals surface area contributed by atoms with Gasteiger partial charge < -0.3 is 18.9 Å². The van der Waals surface area contributed by atoms with Gasteiger partial charge in [0.2, 0.25) is 0 Å². The molecule has 0 bridgehead atoms. The number of nitrogens with zero attached hydrogens (tertiary/aromatic N) is 3. The van der Waals surface area contributed by atoms with Crippen LogP contribution in [0.25, 0.3) is 88.0 Å². The molecule has 0 N–H and O–H groups in total. The van der Waals surface area contributed by atoms with E-state index < -0.39 is 10.8 Å². The van der Waals surface area contributed by atoms with Crippen LogP contribution in [0, 0.1) is 52.9 Å². The Kier molecular flexibility index (Phi) is 26.3. The Labute approximate surface area is 762 Å². The van der Waals surface area contributed by atoms with Crippen molar-refractivity contribution in [3.63, 3.8) is 0 Å². The Morgan fingerprint density at radius 2 is 0.770 bits per heavy atom. The molecule has 0 saturated carbocycles. The number of allylic oxidation sites excluding steroid dienone is 10. The molecule has 9 nitrogen and oxygen atoms in total. The summed E-state index contributed by atoms with van der Waals surface area (Å²) in [5.41, 5.74) is 12.3. The van der Waals surface area contributed by atoms with Crippen LogP contribution in [0.1, 0.15) is 251 Å². The highest BCUT2D eigenvalue weighted by atomic mass is 32.1. The Balaban J connectivity index is 0.889. The molecule has 4 aliphatic rings. The molecule has 636 valence electrons. The number of unbranched alkanes of at least 4 members (excludes halogenated alkanes) is 4. The number of hydrogen-bond acceptors (Lipinski definition) is 13. The van der Waals surface area contributed by atoms with Crippen LogP contribution in [0.5, 0.6) is 23.0 Å². The van der Waals surface area contributed by atoms with Crippen LogP contribution in [0.4, 0.5) is 0 Å². The van der Waals surface area contributed by atoms with Gasteiger partial charge in [0.25, 0.3) is 5.70 Å². The number of Topliss-reactive ketones (excluding diaryl/α,β-unsaturated/α-hetero) is 2. The van der Waals surface area contributed by atoms with Gasteiger partial charge in [-0.3, -0.25) is 9.59 Å². The molecule has 14 heteroatoms. The molecular weight excluding hydrogens is 1640 g/mol. The van der Waals surface area contributed by atoms with Crippen molar-refractivity contribution in [2.75, 3.05) is 26.4 Å². The molecule has 17 rings (SSSR count). The summed E-state index contributed by atoms with van der Waals surface area (Å²) in [4.78, 5) is 40.1. The lowest BCUT2D eigenvalue weighted by Crippen LogP contribution is -2.29. The number of thiophene rings is 5. The van der Waals surface area contributed by atoms with E-state index in [-0.39, 0.29) is 17.3 Å². The van der Waals surface area contributed by atoms with Crippen molar-refractivity contribution in [3.8, 4) is 54.6 Å². The SMILES string of the molecule is [C-]#[N+]/C(C#N)=C1/C(=C/C=C/c2cc3sc4c(c3s2)C(c2ccc(OCC(CC)CCCC)cc2)(c2ccc(OCC(CC)CCCC)cc2)c2c-4sc3c4c(sc23)-c2sc(/C=C/C=C3\C(=O)c5cc6ccccc6cc5\C3=C(\C)C#N)cc2C4(c2ccc(OCC(CC)CCCC)cc2)c2ccc(OCC(CC)CCCC)cc2)C(=O)c2cc3ccccc3cc21. The zero-order valence-corrected chi connectivity index (χ0v) is 77.7. The van der Waals surface area contributed by atoms with E-state index in [0.717, 1.165) is 190 Å². The van der Waals surface area contributed by atoms with Crippen LogP contribution in [0.2, 0.25) is 0 Å². The standard InChI is InChI=1S/C112H107N3O6S5/c1-11-19-29-70(15-5)65-118-82-49-41-78(42-50-82)111(79-43-51-83(52-44-79)119-66-71(16-6)30-20-12-2)94-61-86(37-27-39-88-97(69(9)63-113)90-57-74-33-23-25-35-76(74)59-92(90)102(88)116)122-104(94)106-100(111)108-110(125-106)101-109(126-108)107-99(105-96(124-107)62-87(123-105)38-28-40-89-98(95(64-114)115-10)91-58-75-34-24-26-36-77(75)60-93(91)103(89)117)112(101,80-45-53-84(54-46-80)120-67-72(17-7)31-21-13-3)81-47-55-85(56-48-81)121-68-73(18-8)32-22-14-4/h23-28,33-62,70-73H,11-22,29-32,65-68H2,1-9H3/b37-27+,38-28+,88-39-,89-40-,97-69-,98-95-. The number of carbonyl (C=O) groups is 2. The van der Waals surface area contributed by atoms with Crippen molar-refractivity contribution in [1.29, 1.82) is 10.5 Å². The van der Waals surface area contributed by atoms with E-state index in [4.69, 9.17) is 25.5 Å². The van der Waals surface area contributed by atoms with Crippen LogP contribution < -0.4 is 18.9 Å². The Bertz CT molecular complexity index is 6500. The summed E-state index contributed by atoms with van der Waals surface area (Å²) < 4.78 is 32.2. The minimum atomic E-state index is -0.925. The van der Waals surface area contributed by atoms with Crippen molar-refractivity contribution in [2.45, 2.75) is 176 Å². The lowest BCUT2D eigenvalue weighted by atomic mass is 9.67. The number of benzene rings is 8. The number of carbonyl (C=O) groups excluding carboxylic acids is 2. The van der Waals surface area contributed by atoms with Crippen LogP contribution in [-0.2, 0) is 10.8 Å². The molecule has 0 radical (unpaired) electrons. The highest BCUT2D eigenvalue weighted by molar-refractivity contribution is 7.36. The molecule has 0 amide bonds. The smallest absolute Gasteiger partial charge is 0.270 e. The second kappa shape index (κ2) is 38.1. The van der Waals surface area contributed by atoms with Crippen molar-refractivity contribution in [3.05, 3.63) is 317 Å². The number of rotatable bonds is 36. The molecule has 4 aliphatic carbocycles. The molecule has 4 unspecified atom stereocenters.